The molecule has 1 atom stereocenters. The van der Waals surface area contributed by atoms with E-state index in [0.717, 1.165) is 5.56 Å². The molecule has 30 heavy (non-hydrogen) atoms. The molecule has 1 amide bonds. The van der Waals surface area contributed by atoms with E-state index in [0.29, 0.717) is 23.4 Å². The van der Waals surface area contributed by atoms with Crippen molar-refractivity contribution in [2.45, 2.75) is 24.3 Å². The molecule has 0 N–H and O–H groups in total. The van der Waals surface area contributed by atoms with Crippen LogP contribution in [-0.2, 0) is 16.4 Å². The molecule has 0 aromatic heterocycles. The Morgan fingerprint density at radius 1 is 1.03 bits per heavy atom. The summed E-state index contributed by atoms with van der Waals surface area (Å²) in [6.45, 7) is 1.85. The Hall–Kier alpha value is -3.19. The van der Waals surface area contributed by atoms with E-state index in [1.807, 2.05) is 6.92 Å². The standard InChI is InChI=1S/C23H21FN2O3S/c1-16-14-18-15-17(23(27)25(2)20-11-9-19(24)10-12-20)8-13-22(18)26(16)30(28,29)21-6-4-3-5-7-21/h3-13,15-16H,14H2,1-2H3. The number of rotatable bonds is 4. The van der Waals surface area contributed by atoms with Crippen molar-refractivity contribution >= 4 is 27.3 Å². The third-order valence-corrected chi connectivity index (χ3v) is 7.24. The van der Waals surface area contributed by atoms with Crippen molar-refractivity contribution < 1.29 is 17.6 Å². The highest BCUT2D eigenvalue weighted by molar-refractivity contribution is 7.92. The Morgan fingerprint density at radius 2 is 1.70 bits per heavy atom. The molecule has 0 radical (unpaired) electrons. The Morgan fingerprint density at radius 3 is 2.37 bits per heavy atom. The van der Waals surface area contributed by atoms with Gasteiger partial charge in [0.15, 0.2) is 0 Å². The van der Waals surface area contributed by atoms with Gasteiger partial charge in [-0.2, -0.15) is 0 Å². The normalized spacial score (nSPS) is 15.7. The van der Waals surface area contributed by atoms with E-state index in [-0.39, 0.29) is 22.7 Å². The quantitative estimate of drug-likeness (QED) is 0.629. The fourth-order valence-electron chi connectivity index (χ4n) is 3.78. The summed E-state index contributed by atoms with van der Waals surface area (Å²) in [5.74, 6) is -0.618. The molecule has 0 fully saturated rings. The lowest BCUT2D eigenvalue weighted by Crippen LogP contribution is -2.35. The van der Waals surface area contributed by atoms with Gasteiger partial charge in [0, 0.05) is 24.3 Å². The maximum absolute atomic E-state index is 13.2. The largest absolute Gasteiger partial charge is 0.311 e. The van der Waals surface area contributed by atoms with Gasteiger partial charge in [0.2, 0.25) is 0 Å². The van der Waals surface area contributed by atoms with Crippen LogP contribution in [0.5, 0.6) is 0 Å². The van der Waals surface area contributed by atoms with Gasteiger partial charge in [-0.3, -0.25) is 9.10 Å². The Balaban J connectivity index is 1.66. The van der Waals surface area contributed by atoms with E-state index in [2.05, 4.69) is 0 Å². The lowest BCUT2D eigenvalue weighted by Gasteiger charge is -2.24. The third-order valence-electron chi connectivity index (χ3n) is 5.30. The molecule has 0 saturated carbocycles. The maximum atomic E-state index is 13.2. The summed E-state index contributed by atoms with van der Waals surface area (Å²) < 4.78 is 40.9. The van der Waals surface area contributed by atoms with Gasteiger partial charge in [-0.15, -0.1) is 0 Å². The van der Waals surface area contributed by atoms with Crippen LogP contribution in [0.2, 0.25) is 0 Å². The van der Waals surface area contributed by atoms with Crippen molar-refractivity contribution in [3.8, 4) is 0 Å². The molecule has 1 aliphatic heterocycles. The number of fused-ring (bicyclic) bond motifs is 1. The van der Waals surface area contributed by atoms with E-state index in [1.165, 1.54) is 33.5 Å². The van der Waals surface area contributed by atoms with Gasteiger partial charge in [0.1, 0.15) is 5.82 Å². The monoisotopic (exact) mass is 424 g/mol. The summed E-state index contributed by atoms with van der Waals surface area (Å²) >= 11 is 0. The topological polar surface area (TPSA) is 57.7 Å². The molecule has 1 heterocycles. The van der Waals surface area contributed by atoms with Crippen molar-refractivity contribution in [3.05, 3.63) is 89.7 Å². The third kappa shape index (κ3) is 3.45. The summed E-state index contributed by atoms with van der Waals surface area (Å²) in [5.41, 5.74) is 2.42. The highest BCUT2D eigenvalue weighted by Crippen LogP contribution is 2.37. The first-order valence-corrected chi connectivity index (χ1v) is 11.0. The Labute approximate surface area is 175 Å². The fourth-order valence-corrected chi connectivity index (χ4v) is 5.50. The summed E-state index contributed by atoms with van der Waals surface area (Å²) in [6.07, 6.45) is 0.517. The van der Waals surface area contributed by atoms with Crippen LogP contribution in [0.25, 0.3) is 0 Å². The first-order valence-electron chi connectivity index (χ1n) is 9.55. The molecule has 3 aromatic rings. The second-order valence-corrected chi connectivity index (χ2v) is 9.17. The summed E-state index contributed by atoms with van der Waals surface area (Å²) in [7, 11) is -2.07. The van der Waals surface area contributed by atoms with Gasteiger partial charge in [-0.05, 0) is 73.5 Å². The molecule has 1 unspecified atom stereocenters. The van der Waals surface area contributed by atoms with Crippen LogP contribution >= 0.6 is 0 Å². The molecule has 0 aliphatic carbocycles. The highest BCUT2D eigenvalue weighted by atomic mass is 32.2. The molecular weight excluding hydrogens is 403 g/mol. The second-order valence-electron chi connectivity index (χ2n) is 7.35. The first kappa shape index (κ1) is 20.1. The molecular formula is C23H21FN2O3S. The minimum absolute atomic E-state index is 0.237. The molecule has 1 aliphatic rings. The van der Waals surface area contributed by atoms with E-state index in [4.69, 9.17) is 0 Å². The fraction of sp³-hybridized carbons (Fsp3) is 0.174. The van der Waals surface area contributed by atoms with Crippen LogP contribution in [0.3, 0.4) is 0 Å². The SMILES string of the molecule is CC1Cc2cc(C(=O)N(C)c3ccc(F)cc3)ccc2N1S(=O)(=O)c1ccccc1. The number of hydrogen-bond donors (Lipinski definition) is 0. The molecule has 3 aromatic carbocycles. The average Bonchev–Trinajstić information content (AvgIpc) is 3.09. The predicted molar refractivity (Wildman–Crippen MR) is 115 cm³/mol. The van der Waals surface area contributed by atoms with Crippen LogP contribution in [0, 0.1) is 5.82 Å². The van der Waals surface area contributed by atoms with E-state index in [9.17, 15) is 17.6 Å². The predicted octanol–water partition coefficient (Wildman–Crippen LogP) is 4.24. The molecule has 5 nitrogen and oxygen atoms in total. The molecule has 0 bridgehead atoms. The van der Waals surface area contributed by atoms with Crippen molar-refractivity contribution in [1.82, 2.24) is 0 Å². The van der Waals surface area contributed by atoms with Gasteiger partial charge >= 0.3 is 0 Å². The number of halogens is 1. The van der Waals surface area contributed by atoms with Gasteiger partial charge < -0.3 is 4.90 Å². The first-order chi connectivity index (χ1) is 14.3. The van der Waals surface area contributed by atoms with E-state index < -0.39 is 10.0 Å². The van der Waals surface area contributed by atoms with Crippen LogP contribution in [0.1, 0.15) is 22.8 Å². The molecule has 154 valence electrons. The van der Waals surface area contributed by atoms with E-state index >= 15 is 0 Å². The summed E-state index contributed by atoms with van der Waals surface area (Å²) in [4.78, 5) is 14.6. The molecule has 7 heteroatoms. The summed E-state index contributed by atoms with van der Waals surface area (Å²) in [5, 5.41) is 0. The highest BCUT2D eigenvalue weighted by Gasteiger charge is 2.36. The van der Waals surface area contributed by atoms with Gasteiger partial charge in [-0.25, -0.2) is 12.8 Å². The van der Waals surface area contributed by atoms with Gasteiger partial charge in [0.25, 0.3) is 15.9 Å². The van der Waals surface area contributed by atoms with Crippen LogP contribution in [-0.4, -0.2) is 27.4 Å². The van der Waals surface area contributed by atoms with Crippen molar-refractivity contribution in [2.75, 3.05) is 16.3 Å². The summed E-state index contributed by atoms with van der Waals surface area (Å²) in [6, 6.07) is 18.8. The zero-order valence-corrected chi connectivity index (χ0v) is 17.4. The van der Waals surface area contributed by atoms with Crippen molar-refractivity contribution in [3.63, 3.8) is 0 Å². The number of carbonyl (C=O) groups is 1. The van der Waals surface area contributed by atoms with E-state index in [1.54, 1.807) is 55.6 Å². The van der Waals surface area contributed by atoms with Gasteiger partial charge in [0.05, 0.1) is 10.6 Å². The van der Waals surface area contributed by atoms with Crippen molar-refractivity contribution in [2.24, 2.45) is 0 Å². The maximum Gasteiger partial charge on any atom is 0.264 e. The number of hydrogen-bond acceptors (Lipinski definition) is 3. The number of sulfonamides is 1. The molecule has 0 spiro atoms. The van der Waals surface area contributed by atoms with Crippen LogP contribution in [0.15, 0.2) is 77.7 Å². The van der Waals surface area contributed by atoms with Crippen LogP contribution < -0.4 is 9.21 Å². The molecule has 4 rings (SSSR count). The minimum Gasteiger partial charge on any atom is -0.311 e. The molecule has 0 saturated heterocycles. The number of anilines is 2. The average molecular weight is 424 g/mol. The Bertz CT molecular complexity index is 1190. The number of carbonyl (C=O) groups excluding carboxylic acids is 1. The Kier molecular flexibility index (Phi) is 5.07. The lowest BCUT2D eigenvalue weighted by molar-refractivity contribution is 0.0993. The zero-order chi connectivity index (χ0) is 21.5. The smallest absolute Gasteiger partial charge is 0.264 e. The second kappa shape index (κ2) is 7.57. The van der Waals surface area contributed by atoms with Gasteiger partial charge in [-0.1, -0.05) is 18.2 Å². The minimum atomic E-state index is -3.70. The lowest BCUT2D eigenvalue weighted by atomic mass is 10.1. The van der Waals surface area contributed by atoms with Crippen LogP contribution in [0.4, 0.5) is 15.8 Å². The number of benzene rings is 3. The zero-order valence-electron chi connectivity index (χ0n) is 16.6. The van der Waals surface area contributed by atoms with Crippen molar-refractivity contribution in [1.29, 1.82) is 0 Å². The number of amides is 1. The number of nitrogens with zero attached hydrogens (tertiary/aromatic N) is 2.